The highest BCUT2D eigenvalue weighted by molar-refractivity contribution is 6.51. The number of esters is 2. The molecule has 0 aliphatic rings. The number of alkyl halides is 1. The Morgan fingerprint density at radius 2 is 1.75 bits per heavy atom. The number of hydrogen-bond acceptors (Lipinski definition) is 4. The summed E-state index contributed by atoms with van der Waals surface area (Å²) in [5.41, 5.74) is 0.408. The number of carbonyl (C=O) groups excluding carboxylic acids is 2. The largest absolute Gasteiger partial charge is 0.431 e. The van der Waals surface area contributed by atoms with E-state index in [1.54, 1.807) is 0 Å². The van der Waals surface area contributed by atoms with Gasteiger partial charge < -0.3 is 9.47 Å². The van der Waals surface area contributed by atoms with Crippen molar-refractivity contribution in [2.45, 2.75) is 19.8 Å². The van der Waals surface area contributed by atoms with Gasteiger partial charge in [0, 0.05) is 19.4 Å². The van der Waals surface area contributed by atoms with Crippen molar-refractivity contribution in [3.05, 3.63) is 0 Å². The summed E-state index contributed by atoms with van der Waals surface area (Å²) in [6.45, 7) is 2.53. The van der Waals surface area contributed by atoms with Crippen LogP contribution < -0.4 is 0 Å². The van der Waals surface area contributed by atoms with Crippen LogP contribution in [0.1, 0.15) is 13.8 Å². The molecule has 0 amide bonds. The van der Waals surface area contributed by atoms with E-state index in [1.165, 1.54) is 13.8 Å². The minimum Gasteiger partial charge on any atom is -0.431 e. The van der Waals surface area contributed by atoms with Crippen LogP contribution in [0.2, 0.25) is 0 Å². The zero-order valence-corrected chi connectivity index (χ0v) is 9.17. The Balaban J connectivity index is 3.85. The van der Waals surface area contributed by atoms with Gasteiger partial charge in [0.1, 0.15) is 9.52 Å². The summed E-state index contributed by atoms with van der Waals surface area (Å²) >= 11 is 5.44. The van der Waals surface area contributed by atoms with Gasteiger partial charge in [0.05, 0.1) is 0 Å². The van der Waals surface area contributed by atoms with Crippen LogP contribution in [0.15, 0.2) is 0 Å². The Hall–Kier alpha value is -0.553. The Bertz CT molecular complexity index is 157. The van der Waals surface area contributed by atoms with Crippen LogP contribution in [0.5, 0.6) is 0 Å². The third-order valence-corrected chi connectivity index (χ3v) is 2.62. The molecule has 0 saturated carbocycles. The molecular formula is C6H11ClO4Si. The van der Waals surface area contributed by atoms with E-state index in [2.05, 4.69) is 0 Å². The molecule has 0 aromatic rings. The van der Waals surface area contributed by atoms with Crippen LogP contribution in [-0.2, 0) is 19.1 Å². The fraction of sp³-hybridized carbons (Fsp3) is 0.667. The molecule has 0 atom stereocenters. The van der Waals surface area contributed by atoms with E-state index >= 15 is 0 Å². The minimum atomic E-state index is -0.871. The van der Waals surface area contributed by atoms with Gasteiger partial charge in [-0.3, -0.25) is 9.59 Å². The molecule has 0 N–H and O–H groups in total. The van der Waals surface area contributed by atoms with Crippen LogP contribution in [0, 0.1) is 0 Å². The molecule has 6 heteroatoms. The minimum absolute atomic E-state index is 0.408. The molecule has 4 nitrogen and oxygen atoms in total. The maximum absolute atomic E-state index is 10.5. The molecule has 0 rings (SSSR count). The predicted molar refractivity (Wildman–Crippen MR) is 46.6 cm³/mol. The Morgan fingerprint density at radius 1 is 1.33 bits per heavy atom. The van der Waals surface area contributed by atoms with Crippen molar-refractivity contribution < 1.29 is 19.1 Å². The van der Waals surface area contributed by atoms with E-state index in [0.717, 1.165) is 0 Å². The molecular weight excluding hydrogens is 200 g/mol. The predicted octanol–water partition coefficient (Wildman–Crippen LogP) is -0.239. The zero-order valence-electron chi connectivity index (χ0n) is 7.00. The fourth-order valence-electron chi connectivity index (χ4n) is 0.601. The van der Waals surface area contributed by atoms with Gasteiger partial charge in [-0.15, -0.1) is 11.6 Å². The van der Waals surface area contributed by atoms with Crippen LogP contribution in [0.3, 0.4) is 0 Å². The molecule has 0 radical (unpaired) electrons. The standard InChI is InChI=1S/C6H11ClO4Si/c1-4(8)10-6(12-3-7)11-5(2)9/h6H,3,12H2,1-2H3. The molecule has 0 unspecified atom stereocenters. The van der Waals surface area contributed by atoms with E-state index < -0.39 is 27.4 Å². The lowest BCUT2D eigenvalue weighted by Gasteiger charge is -2.14. The lowest BCUT2D eigenvalue weighted by Crippen LogP contribution is -2.29. The van der Waals surface area contributed by atoms with E-state index in [0.29, 0.717) is 5.50 Å². The molecule has 0 aromatic carbocycles. The van der Waals surface area contributed by atoms with Gasteiger partial charge in [-0.05, 0) is 0 Å². The van der Waals surface area contributed by atoms with E-state index in [1.807, 2.05) is 0 Å². The highest BCUT2D eigenvalue weighted by Gasteiger charge is 2.13. The van der Waals surface area contributed by atoms with Crippen molar-refractivity contribution in [2.75, 3.05) is 5.50 Å². The topological polar surface area (TPSA) is 52.6 Å². The fourth-order valence-corrected chi connectivity index (χ4v) is 2.02. The highest BCUT2D eigenvalue weighted by Crippen LogP contribution is 1.95. The highest BCUT2D eigenvalue weighted by atomic mass is 35.5. The van der Waals surface area contributed by atoms with E-state index in [-0.39, 0.29) is 0 Å². The average molecular weight is 211 g/mol. The number of hydrogen-bond donors (Lipinski definition) is 0. The first-order valence-electron chi connectivity index (χ1n) is 3.46. The summed E-state index contributed by atoms with van der Waals surface area (Å²) in [4.78, 5) is 21.0. The molecule has 0 aromatic heterocycles. The molecule has 0 spiro atoms. The number of ether oxygens (including phenoxy) is 2. The summed E-state index contributed by atoms with van der Waals surface area (Å²) in [7, 11) is -0.871. The maximum atomic E-state index is 10.5. The Kier molecular flexibility index (Phi) is 5.74. The van der Waals surface area contributed by atoms with Crippen LogP contribution in [-0.4, -0.2) is 32.9 Å². The van der Waals surface area contributed by atoms with Crippen molar-refractivity contribution in [1.82, 2.24) is 0 Å². The SMILES string of the molecule is CC(=O)OC(OC(C)=O)[SiH2]CCl. The zero-order chi connectivity index (χ0) is 9.56. The van der Waals surface area contributed by atoms with Gasteiger partial charge in [-0.1, -0.05) is 0 Å². The quantitative estimate of drug-likeness (QED) is 0.278. The second kappa shape index (κ2) is 6.02. The monoisotopic (exact) mass is 210 g/mol. The maximum Gasteiger partial charge on any atom is 0.305 e. The molecule has 0 saturated heterocycles. The average Bonchev–Trinajstić information content (AvgIpc) is 1.84. The normalized spacial score (nSPS) is 10.7. The van der Waals surface area contributed by atoms with Gasteiger partial charge in [0.25, 0.3) is 0 Å². The third kappa shape index (κ3) is 6.18. The van der Waals surface area contributed by atoms with Gasteiger partial charge >= 0.3 is 11.9 Å². The Labute approximate surface area is 78.0 Å². The summed E-state index contributed by atoms with van der Waals surface area (Å²) in [6.07, 6.45) is 0. The second-order valence-corrected chi connectivity index (χ2v) is 4.88. The van der Waals surface area contributed by atoms with Crippen molar-refractivity contribution >= 4 is 33.1 Å². The number of carbonyl (C=O) groups is 2. The van der Waals surface area contributed by atoms with Crippen molar-refractivity contribution in [2.24, 2.45) is 0 Å². The Morgan fingerprint density at radius 3 is 2.00 bits per heavy atom. The van der Waals surface area contributed by atoms with Gasteiger partial charge in [-0.2, -0.15) is 0 Å². The van der Waals surface area contributed by atoms with Gasteiger partial charge in [0.2, 0.25) is 5.91 Å². The van der Waals surface area contributed by atoms with Gasteiger partial charge in [-0.25, -0.2) is 0 Å². The number of halogens is 1. The summed E-state index contributed by atoms with van der Waals surface area (Å²) in [5.74, 6) is -1.63. The van der Waals surface area contributed by atoms with E-state index in [9.17, 15) is 9.59 Å². The second-order valence-electron chi connectivity index (χ2n) is 2.13. The van der Waals surface area contributed by atoms with Crippen molar-refractivity contribution in [1.29, 1.82) is 0 Å². The van der Waals surface area contributed by atoms with Crippen LogP contribution in [0.4, 0.5) is 0 Å². The van der Waals surface area contributed by atoms with Crippen molar-refractivity contribution in [3.8, 4) is 0 Å². The van der Waals surface area contributed by atoms with E-state index in [4.69, 9.17) is 21.1 Å². The molecule has 70 valence electrons. The number of rotatable bonds is 4. The summed E-state index contributed by atoms with van der Waals surface area (Å²) in [5, 5.41) is 0. The molecule has 0 aliphatic carbocycles. The molecule has 12 heavy (non-hydrogen) atoms. The first kappa shape index (κ1) is 11.4. The lowest BCUT2D eigenvalue weighted by molar-refractivity contribution is -0.171. The third-order valence-electron chi connectivity index (χ3n) is 0.940. The molecule has 0 bridgehead atoms. The van der Waals surface area contributed by atoms with Gasteiger partial charge in [0.15, 0.2) is 0 Å². The lowest BCUT2D eigenvalue weighted by atomic mass is 10.8. The summed E-state index contributed by atoms with van der Waals surface area (Å²) in [6, 6.07) is 0. The smallest absolute Gasteiger partial charge is 0.305 e. The van der Waals surface area contributed by atoms with Crippen LogP contribution >= 0.6 is 11.6 Å². The first-order valence-corrected chi connectivity index (χ1v) is 5.81. The van der Waals surface area contributed by atoms with Crippen LogP contribution in [0.25, 0.3) is 0 Å². The molecule has 0 aliphatic heterocycles. The molecule has 0 fully saturated rings. The first-order chi connectivity index (χ1) is 5.56. The van der Waals surface area contributed by atoms with Crippen molar-refractivity contribution in [3.63, 3.8) is 0 Å². The molecule has 0 heterocycles. The summed E-state index contributed by atoms with van der Waals surface area (Å²) < 4.78 is 9.39.